The largest absolute Gasteiger partial charge is 0.333 e. The number of carbonyl (C=O) groups excluding carboxylic acids is 1. The minimum atomic E-state index is -0.413. The van der Waals surface area contributed by atoms with Gasteiger partial charge >= 0.3 is 0 Å². The lowest BCUT2D eigenvalue weighted by atomic mass is 10.1. The Labute approximate surface area is 135 Å². The van der Waals surface area contributed by atoms with Crippen molar-refractivity contribution < 1.29 is 9.18 Å². The third-order valence-electron chi connectivity index (χ3n) is 4.36. The lowest BCUT2D eigenvalue weighted by Gasteiger charge is -2.39. The molecule has 5 nitrogen and oxygen atoms in total. The Morgan fingerprint density at radius 3 is 2.87 bits per heavy atom. The molecule has 122 valence electrons. The van der Waals surface area contributed by atoms with Crippen LogP contribution < -0.4 is 0 Å². The number of benzene rings is 1. The number of rotatable bonds is 3. The van der Waals surface area contributed by atoms with Crippen molar-refractivity contribution in [2.24, 2.45) is 0 Å². The molecule has 0 spiro atoms. The molecule has 0 N–H and O–H groups in total. The molecule has 1 amide bonds. The van der Waals surface area contributed by atoms with Crippen LogP contribution in [0.25, 0.3) is 5.69 Å². The van der Waals surface area contributed by atoms with Crippen LogP contribution in [0.1, 0.15) is 24.2 Å². The van der Waals surface area contributed by atoms with E-state index in [9.17, 15) is 9.18 Å². The van der Waals surface area contributed by atoms with Gasteiger partial charge in [-0.25, -0.2) is 9.07 Å². The smallest absolute Gasteiger partial charge is 0.256 e. The molecular formula is C17H21FN4O. The van der Waals surface area contributed by atoms with E-state index < -0.39 is 5.82 Å². The average molecular weight is 316 g/mol. The van der Waals surface area contributed by atoms with Crippen molar-refractivity contribution in [1.29, 1.82) is 0 Å². The Kier molecular flexibility index (Phi) is 4.43. The van der Waals surface area contributed by atoms with Gasteiger partial charge in [0, 0.05) is 38.1 Å². The molecule has 0 aliphatic carbocycles. The van der Waals surface area contributed by atoms with Crippen LogP contribution in [-0.4, -0.2) is 57.7 Å². The molecule has 2 aromatic rings. The van der Waals surface area contributed by atoms with E-state index in [4.69, 9.17) is 0 Å². The Morgan fingerprint density at radius 2 is 2.22 bits per heavy atom. The van der Waals surface area contributed by atoms with Gasteiger partial charge in [-0.2, -0.15) is 5.10 Å². The molecule has 1 atom stereocenters. The standard InChI is InChI=1S/C17H21FN4O/c1-3-20-9-10-21(13(2)12-20)17(23)15-11-14(18)5-6-16(15)22-8-4-7-19-22/h4-8,11,13H,3,9-10,12H2,1-2H3. The number of hydrogen-bond acceptors (Lipinski definition) is 3. The number of aromatic nitrogens is 2. The summed E-state index contributed by atoms with van der Waals surface area (Å²) in [6.45, 7) is 7.47. The van der Waals surface area contributed by atoms with E-state index in [1.165, 1.54) is 12.1 Å². The number of likely N-dealkylation sites (N-methyl/N-ethyl adjacent to an activating group) is 1. The Bertz CT molecular complexity index is 686. The second-order valence-corrected chi connectivity index (χ2v) is 5.85. The first kappa shape index (κ1) is 15.7. The molecule has 2 heterocycles. The van der Waals surface area contributed by atoms with Gasteiger partial charge < -0.3 is 4.90 Å². The van der Waals surface area contributed by atoms with E-state index in [1.54, 1.807) is 29.2 Å². The van der Waals surface area contributed by atoms with Gasteiger partial charge in [0.05, 0.1) is 11.3 Å². The maximum atomic E-state index is 13.7. The summed E-state index contributed by atoms with van der Waals surface area (Å²) in [5.74, 6) is -0.553. The topological polar surface area (TPSA) is 41.4 Å². The molecule has 1 unspecified atom stereocenters. The monoisotopic (exact) mass is 316 g/mol. The first-order valence-corrected chi connectivity index (χ1v) is 7.93. The maximum absolute atomic E-state index is 13.7. The number of halogens is 1. The maximum Gasteiger partial charge on any atom is 0.256 e. The minimum Gasteiger partial charge on any atom is -0.333 e. The van der Waals surface area contributed by atoms with Gasteiger partial charge in [0.2, 0.25) is 0 Å². The van der Waals surface area contributed by atoms with E-state index in [0.717, 1.165) is 19.6 Å². The highest BCUT2D eigenvalue weighted by Crippen LogP contribution is 2.20. The van der Waals surface area contributed by atoms with E-state index in [1.807, 2.05) is 11.8 Å². The van der Waals surface area contributed by atoms with Crippen LogP contribution >= 0.6 is 0 Å². The molecular weight excluding hydrogens is 295 g/mol. The normalized spacial score (nSPS) is 19.1. The van der Waals surface area contributed by atoms with Crippen LogP contribution in [-0.2, 0) is 0 Å². The van der Waals surface area contributed by atoms with Crippen LogP contribution in [0, 0.1) is 5.82 Å². The fraction of sp³-hybridized carbons (Fsp3) is 0.412. The number of hydrogen-bond donors (Lipinski definition) is 0. The van der Waals surface area contributed by atoms with Crippen molar-refractivity contribution in [1.82, 2.24) is 19.6 Å². The van der Waals surface area contributed by atoms with Crippen LogP contribution in [0.4, 0.5) is 4.39 Å². The summed E-state index contributed by atoms with van der Waals surface area (Å²) in [7, 11) is 0. The molecule has 1 saturated heterocycles. The Morgan fingerprint density at radius 1 is 1.39 bits per heavy atom. The zero-order valence-corrected chi connectivity index (χ0v) is 13.4. The number of amides is 1. The summed E-state index contributed by atoms with van der Waals surface area (Å²) in [6.07, 6.45) is 3.39. The summed E-state index contributed by atoms with van der Waals surface area (Å²) in [6, 6.07) is 6.14. The molecule has 23 heavy (non-hydrogen) atoms. The number of nitrogens with zero attached hydrogens (tertiary/aromatic N) is 4. The van der Waals surface area contributed by atoms with E-state index in [-0.39, 0.29) is 11.9 Å². The minimum absolute atomic E-state index is 0.102. The summed E-state index contributed by atoms with van der Waals surface area (Å²) in [4.78, 5) is 17.1. The van der Waals surface area contributed by atoms with Crippen molar-refractivity contribution in [3.8, 4) is 5.69 Å². The third kappa shape index (κ3) is 3.12. The quantitative estimate of drug-likeness (QED) is 0.871. The fourth-order valence-corrected chi connectivity index (χ4v) is 3.07. The molecule has 3 rings (SSSR count). The van der Waals surface area contributed by atoms with Crippen LogP contribution in [0.3, 0.4) is 0 Å². The van der Waals surface area contributed by atoms with Gasteiger partial charge in [0.1, 0.15) is 5.82 Å². The first-order valence-electron chi connectivity index (χ1n) is 7.93. The molecule has 1 aliphatic rings. The third-order valence-corrected chi connectivity index (χ3v) is 4.36. The fourth-order valence-electron chi connectivity index (χ4n) is 3.07. The highest BCUT2D eigenvalue weighted by Gasteiger charge is 2.29. The van der Waals surface area contributed by atoms with Gasteiger partial charge in [-0.1, -0.05) is 6.92 Å². The second-order valence-electron chi connectivity index (χ2n) is 5.85. The van der Waals surface area contributed by atoms with Crippen LogP contribution in [0.15, 0.2) is 36.7 Å². The second kappa shape index (κ2) is 6.50. The van der Waals surface area contributed by atoms with Gasteiger partial charge in [-0.15, -0.1) is 0 Å². The Hall–Kier alpha value is -2.21. The van der Waals surface area contributed by atoms with Crippen molar-refractivity contribution in [3.05, 3.63) is 48.0 Å². The molecule has 1 aromatic carbocycles. The molecule has 0 saturated carbocycles. The zero-order chi connectivity index (χ0) is 16.4. The summed E-state index contributed by atoms with van der Waals surface area (Å²) in [5, 5.41) is 4.16. The predicted molar refractivity (Wildman–Crippen MR) is 86.1 cm³/mol. The van der Waals surface area contributed by atoms with Gasteiger partial charge in [0.15, 0.2) is 0 Å². The van der Waals surface area contributed by atoms with E-state index in [2.05, 4.69) is 16.9 Å². The molecule has 0 radical (unpaired) electrons. The number of piperazine rings is 1. The summed E-state index contributed by atoms with van der Waals surface area (Å²) >= 11 is 0. The number of carbonyl (C=O) groups is 1. The highest BCUT2D eigenvalue weighted by molar-refractivity contribution is 5.98. The highest BCUT2D eigenvalue weighted by atomic mass is 19.1. The lowest BCUT2D eigenvalue weighted by molar-refractivity contribution is 0.0499. The van der Waals surface area contributed by atoms with Crippen molar-refractivity contribution in [3.63, 3.8) is 0 Å². The molecule has 0 bridgehead atoms. The van der Waals surface area contributed by atoms with Gasteiger partial charge in [-0.05, 0) is 37.7 Å². The molecule has 1 aliphatic heterocycles. The average Bonchev–Trinajstić information content (AvgIpc) is 3.08. The van der Waals surface area contributed by atoms with Crippen molar-refractivity contribution >= 4 is 5.91 Å². The summed E-state index contributed by atoms with van der Waals surface area (Å²) in [5.41, 5.74) is 0.956. The van der Waals surface area contributed by atoms with Crippen molar-refractivity contribution in [2.75, 3.05) is 26.2 Å². The SMILES string of the molecule is CCN1CCN(C(=O)c2cc(F)ccc2-n2cccn2)C(C)C1. The molecule has 6 heteroatoms. The summed E-state index contributed by atoms with van der Waals surface area (Å²) < 4.78 is 15.3. The molecule has 1 fully saturated rings. The Balaban J connectivity index is 1.92. The molecule has 1 aromatic heterocycles. The first-order chi connectivity index (χ1) is 11.1. The van der Waals surface area contributed by atoms with Crippen LogP contribution in [0.5, 0.6) is 0 Å². The predicted octanol–water partition coefficient (Wildman–Crippen LogP) is 2.18. The lowest BCUT2D eigenvalue weighted by Crippen LogP contribution is -2.53. The van der Waals surface area contributed by atoms with Gasteiger partial charge in [0.25, 0.3) is 5.91 Å². The van der Waals surface area contributed by atoms with Crippen LogP contribution in [0.2, 0.25) is 0 Å². The van der Waals surface area contributed by atoms with Gasteiger partial charge in [-0.3, -0.25) is 9.69 Å². The van der Waals surface area contributed by atoms with E-state index in [0.29, 0.717) is 17.8 Å². The van der Waals surface area contributed by atoms with E-state index >= 15 is 0 Å². The zero-order valence-electron chi connectivity index (χ0n) is 13.4. The van der Waals surface area contributed by atoms with Crippen molar-refractivity contribution in [2.45, 2.75) is 19.9 Å².